The lowest BCUT2D eigenvalue weighted by Gasteiger charge is -2.18. The highest BCUT2D eigenvalue weighted by Gasteiger charge is 2.62. The highest BCUT2D eigenvalue weighted by molar-refractivity contribution is 5.82. The number of nitrogens with two attached hydrogens (primary N) is 2. The molecule has 142 valence electrons. The molecule has 2 amide bonds. The minimum atomic E-state index is -5.89. The van der Waals surface area contributed by atoms with E-state index in [9.17, 15) is 31.5 Å². The Balaban J connectivity index is 0.000000355. The minimum absolute atomic E-state index is 0.0822. The van der Waals surface area contributed by atoms with Gasteiger partial charge in [0.05, 0.1) is 5.92 Å². The predicted octanol–water partition coefficient (Wildman–Crippen LogP) is 0.617. The van der Waals surface area contributed by atoms with Gasteiger partial charge in [-0.25, -0.2) is 9.97 Å². The normalized spacial score (nSPS) is 17.2. The number of primary amides is 2. The number of carbonyl (C=O) groups is 2. The Hall–Kier alpha value is -2.37. The topological polar surface area (TPSA) is 124 Å². The monoisotopic (exact) mass is 371 g/mol. The summed E-state index contributed by atoms with van der Waals surface area (Å²) in [6.07, 6.45) is 1.02. The Kier molecular flexibility index (Phi) is 9.49. The summed E-state index contributed by atoms with van der Waals surface area (Å²) in [5.41, 5.74) is 8.84. The number of nitrogens with one attached hydrogen (secondary N) is 1. The van der Waals surface area contributed by atoms with E-state index in [1.54, 1.807) is 18.5 Å². The largest absolute Gasteiger partial charge is 0.463 e. The first-order valence-electron chi connectivity index (χ1n) is 6.94. The molecule has 25 heavy (non-hydrogen) atoms. The third-order valence-electron chi connectivity index (χ3n) is 2.84. The molecule has 1 unspecified atom stereocenters. The van der Waals surface area contributed by atoms with Crippen LogP contribution in [-0.4, -0.2) is 47.0 Å². The van der Waals surface area contributed by atoms with Gasteiger partial charge < -0.3 is 16.8 Å². The third kappa shape index (κ3) is 8.88. The average Bonchev–Trinajstić information content (AvgIpc) is 2.57. The van der Waals surface area contributed by atoms with Crippen LogP contribution in [-0.2, 0) is 9.59 Å². The van der Waals surface area contributed by atoms with E-state index >= 15 is 0 Å². The Morgan fingerprint density at radius 3 is 1.80 bits per heavy atom. The van der Waals surface area contributed by atoms with Crippen LogP contribution in [0.5, 0.6) is 0 Å². The second-order valence-electron chi connectivity index (χ2n) is 4.79. The molecule has 1 aliphatic rings. The van der Waals surface area contributed by atoms with Gasteiger partial charge in [0.15, 0.2) is 0 Å². The van der Waals surface area contributed by atoms with Crippen molar-refractivity contribution < 1.29 is 31.5 Å². The maximum Gasteiger partial charge on any atom is 0.463 e. The van der Waals surface area contributed by atoms with Crippen LogP contribution in [0.3, 0.4) is 0 Å². The van der Waals surface area contributed by atoms with E-state index in [-0.39, 0.29) is 11.8 Å². The number of alkyl halides is 5. The van der Waals surface area contributed by atoms with Crippen molar-refractivity contribution in [2.45, 2.75) is 24.9 Å². The first-order valence-corrected chi connectivity index (χ1v) is 6.94. The lowest BCUT2D eigenvalue weighted by Crippen LogP contribution is -2.47. The van der Waals surface area contributed by atoms with Crippen molar-refractivity contribution >= 4 is 11.8 Å². The molecule has 0 bridgehead atoms. The second kappa shape index (κ2) is 10.5. The molecule has 0 saturated carbocycles. The summed E-state index contributed by atoms with van der Waals surface area (Å²) >= 11 is 0. The van der Waals surface area contributed by atoms with Crippen LogP contribution < -0.4 is 16.8 Å². The number of aromatic nitrogens is 2. The summed E-state index contributed by atoms with van der Waals surface area (Å²) in [7, 11) is 0. The summed E-state index contributed by atoms with van der Waals surface area (Å²) in [6, 6.07) is 1.78. The quantitative estimate of drug-likeness (QED) is 0.658. The molecule has 0 radical (unpaired) electrons. The van der Waals surface area contributed by atoms with Gasteiger partial charge in [0.1, 0.15) is 6.33 Å². The van der Waals surface area contributed by atoms with Crippen molar-refractivity contribution in [3.63, 3.8) is 0 Å². The number of carbonyl (C=O) groups excluding carboxylic acids is 2. The SMILES string of the molecule is NC(=O)C(F)(F)C(F)(F)F.NC(=O)C1CCCNC1.c1cncnc1. The van der Waals surface area contributed by atoms with E-state index < -0.39 is 18.0 Å². The maximum absolute atomic E-state index is 11.5. The Morgan fingerprint density at radius 2 is 1.64 bits per heavy atom. The smallest absolute Gasteiger partial charge is 0.369 e. The fourth-order valence-electron chi connectivity index (χ4n) is 1.49. The molecule has 0 aliphatic carbocycles. The van der Waals surface area contributed by atoms with Crippen LogP contribution in [0.1, 0.15) is 12.8 Å². The number of piperidine rings is 1. The van der Waals surface area contributed by atoms with Gasteiger partial charge in [-0.3, -0.25) is 9.59 Å². The average molecular weight is 371 g/mol. The van der Waals surface area contributed by atoms with Gasteiger partial charge in [-0.1, -0.05) is 0 Å². The molecule has 1 aliphatic heterocycles. The summed E-state index contributed by atoms with van der Waals surface area (Å²) < 4.78 is 56.0. The Morgan fingerprint density at radius 1 is 1.08 bits per heavy atom. The molecule has 1 aromatic rings. The van der Waals surface area contributed by atoms with E-state index in [0.717, 1.165) is 25.9 Å². The Labute approximate surface area is 140 Å². The molecule has 1 fully saturated rings. The highest BCUT2D eigenvalue weighted by atomic mass is 19.4. The number of amides is 2. The van der Waals surface area contributed by atoms with Crippen LogP contribution in [0.15, 0.2) is 24.8 Å². The van der Waals surface area contributed by atoms with Gasteiger partial charge >= 0.3 is 12.1 Å². The molecule has 1 saturated heterocycles. The van der Waals surface area contributed by atoms with Crippen molar-refractivity contribution in [3.8, 4) is 0 Å². The molecule has 12 heteroatoms. The number of hydrogen-bond donors (Lipinski definition) is 3. The Bertz CT molecular complexity index is 495. The van der Waals surface area contributed by atoms with Gasteiger partial charge in [-0.2, -0.15) is 22.0 Å². The zero-order chi connectivity index (χ0) is 19.5. The molecule has 0 aromatic carbocycles. The van der Waals surface area contributed by atoms with E-state index in [2.05, 4.69) is 21.0 Å². The van der Waals surface area contributed by atoms with Crippen molar-refractivity contribution in [2.75, 3.05) is 13.1 Å². The summed E-state index contributed by atoms with van der Waals surface area (Å²) in [5.74, 6) is -8.20. The maximum atomic E-state index is 11.5. The van der Waals surface area contributed by atoms with E-state index in [1.165, 1.54) is 6.33 Å². The number of rotatable bonds is 2. The molecular weight excluding hydrogens is 353 g/mol. The number of halogens is 5. The van der Waals surface area contributed by atoms with E-state index in [4.69, 9.17) is 5.73 Å². The zero-order valence-electron chi connectivity index (χ0n) is 13.0. The molecule has 1 atom stereocenters. The summed E-state index contributed by atoms with van der Waals surface area (Å²) in [4.78, 5) is 27.3. The summed E-state index contributed by atoms with van der Waals surface area (Å²) in [5, 5.41) is 3.12. The van der Waals surface area contributed by atoms with Crippen molar-refractivity contribution in [1.82, 2.24) is 15.3 Å². The minimum Gasteiger partial charge on any atom is -0.369 e. The third-order valence-corrected chi connectivity index (χ3v) is 2.84. The fraction of sp³-hybridized carbons (Fsp3) is 0.538. The highest BCUT2D eigenvalue weighted by Crippen LogP contribution is 2.34. The first-order chi connectivity index (χ1) is 11.5. The predicted molar refractivity (Wildman–Crippen MR) is 77.0 cm³/mol. The van der Waals surface area contributed by atoms with E-state index in [1.807, 2.05) is 0 Å². The van der Waals surface area contributed by atoms with Gasteiger partial charge in [0.25, 0.3) is 5.91 Å². The number of hydrogen-bond acceptors (Lipinski definition) is 5. The standard InChI is InChI=1S/C6H12N2O.C4H4N2.C3H2F5NO/c7-6(9)5-2-1-3-8-4-5;1-2-5-4-6-3-1;4-2(5,1(9)10)3(6,7)8/h5,8H,1-4H2,(H2,7,9);1-4H;(H2,9,10). The molecular formula is C13H18F5N5O2. The van der Waals surface area contributed by atoms with Gasteiger partial charge in [0, 0.05) is 18.9 Å². The lowest BCUT2D eigenvalue weighted by atomic mass is 9.99. The molecule has 1 aromatic heterocycles. The van der Waals surface area contributed by atoms with Crippen molar-refractivity contribution in [3.05, 3.63) is 24.8 Å². The molecule has 2 rings (SSSR count). The van der Waals surface area contributed by atoms with Crippen LogP contribution in [0.2, 0.25) is 0 Å². The van der Waals surface area contributed by atoms with Crippen LogP contribution in [0, 0.1) is 5.92 Å². The second-order valence-corrected chi connectivity index (χ2v) is 4.79. The zero-order valence-corrected chi connectivity index (χ0v) is 13.0. The van der Waals surface area contributed by atoms with Crippen molar-refractivity contribution in [2.24, 2.45) is 17.4 Å². The van der Waals surface area contributed by atoms with Gasteiger partial charge in [0.2, 0.25) is 5.91 Å². The fourth-order valence-corrected chi connectivity index (χ4v) is 1.49. The molecule has 7 nitrogen and oxygen atoms in total. The van der Waals surface area contributed by atoms with Crippen LogP contribution in [0.4, 0.5) is 22.0 Å². The molecule has 5 N–H and O–H groups in total. The molecule has 0 spiro atoms. The van der Waals surface area contributed by atoms with Crippen molar-refractivity contribution in [1.29, 1.82) is 0 Å². The molecule has 2 heterocycles. The van der Waals surface area contributed by atoms with Gasteiger partial charge in [-0.05, 0) is 25.5 Å². The lowest BCUT2D eigenvalue weighted by molar-refractivity contribution is -0.268. The first kappa shape index (κ1) is 22.6. The number of nitrogens with zero attached hydrogens (tertiary/aromatic N) is 2. The van der Waals surface area contributed by atoms with E-state index in [0.29, 0.717) is 0 Å². The summed E-state index contributed by atoms with van der Waals surface area (Å²) in [6.45, 7) is 1.80. The van der Waals surface area contributed by atoms with Gasteiger partial charge in [-0.15, -0.1) is 0 Å². The van der Waals surface area contributed by atoms with Crippen LogP contribution in [0.25, 0.3) is 0 Å². The van der Waals surface area contributed by atoms with Crippen LogP contribution >= 0.6 is 0 Å².